The quantitative estimate of drug-likeness (QED) is 0.672. The number of methoxy groups -OCH3 is 1. The van der Waals surface area contributed by atoms with Gasteiger partial charge in [-0.2, -0.15) is 0 Å². The largest absolute Gasteiger partial charge is 0.468 e. The highest BCUT2D eigenvalue weighted by atomic mass is 16.5. The summed E-state index contributed by atoms with van der Waals surface area (Å²) in [5.41, 5.74) is -0.562. The second-order valence-electron chi connectivity index (χ2n) is 5.94. The van der Waals surface area contributed by atoms with Crippen LogP contribution in [0.25, 0.3) is 0 Å². The van der Waals surface area contributed by atoms with Gasteiger partial charge in [0.1, 0.15) is 5.54 Å². The van der Waals surface area contributed by atoms with Crippen molar-refractivity contribution in [2.24, 2.45) is 0 Å². The molecule has 0 aromatic carbocycles. The molecule has 0 aromatic heterocycles. The molecule has 0 bridgehead atoms. The summed E-state index contributed by atoms with van der Waals surface area (Å²) in [4.78, 5) is 14.3. The second kappa shape index (κ2) is 6.53. The number of nitrogens with zero attached hydrogens (tertiary/aromatic N) is 1. The molecular formula is C14H28N2O2. The third-order valence-electron chi connectivity index (χ3n) is 3.60. The topological polar surface area (TPSA) is 41.6 Å². The molecule has 106 valence electrons. The van der Waals surface area contributed by atoms with Crippen LogP contribution in [0.1, 0.15) is 46.5 Å². The van der Waals surface area contributed by atoms with Crippen LogP contribution < -0.4 is 5.32 Å². The van der Waals surface area contributed by atoms with E-state index in [9.17, 15) is 4.79 Å². The molecule has 0 aromatic rings. The van der Waals surface area contributed by atoms with Gasteiger partial charge in [0.05, 0.1) is 7.11 Å². The number of hydrogen-bond donors (Lipinski definition) is 1. The van der Waals surface area contributed by atoms with Crippen LogP contribution in [0.2, 0.25) is 0 Å². The maximum absolute atomic E-state index is 11.9. The Morgan fingerprint density at radius 1 is 1.50 bits per heavy atom. The Kier molecular flexibility index (Phi) is 5.60. The summed E-state index contributed by atoms with van der Waals surface area (Å²) >= 11 is 0. The van der Waals surface area contributed by atoms with Crippen molar-refractivity contribution in [1.29, 1.82) is 0 Å². The number of carbonyl (C=O) groups is 1. The molecule has 1 rings (SSSR count). The average molecular weight is 256 g/mol. The molecule has 18 heavy (non-hydrogen) atoms. The Bertz CT molecular complexity index is 277. The Balaban J connectivity index is 2.42. The van der Waals surface area contributed by atoms with Crippen LogP contribution in [-0.4, -0.2) is 49.2 Å². The monoisotopic (exact) mass is 256 g/mol. The van der Waals surface area contributed by atoms with E-state index in [4.69, 9.17) is 4.74 Å². The van der Waals surface area contributed by atoms with E-state index in [1.165, 1.54) is 20.0 Å². The smallest absolute Gasteiger partial charge is 0.325 e. The van der Waals surface area contributed by atoms with E-state index in [0.29, 0.717) is 0 Å². The summed E-state index contributed by atoms with van der Waals surface area (Å²) in [6, 6.07) is 1.06. The first-order chi connectivity index (χ1) is 8.39. The molecule has 1 unspecified atom stereocenters. The maximum Gasteiger partial charge on any atom is 0.325 e. The molecule has 1 fully saturated rings. The van der Waals surface area contributed by atoms with E-state index in [-0.39, 0.29) is 12.0 Å². The standard InChI is InChI=1S/C14H28N2O2/c1-11(2)15-14(3,13(17)18-5)9-6-10-16(4)12-7-8-12/h11-12,15H,6-10H2,1-5H3. The Hall–Kier alpha value is -0.610. The van der Waals surface area contributed by atoms with Gasteiger partial charge in [-0.25, -0.2) is 0 Å². The third-order valence-corrected chi connectivity index (χ3v) is 3.60. The van der Waals surface area contributed by atoms with Crippen LogP contribution in [0.3, 0.4) is 0 Å². The molecule has 1 N–H and O–H groups in total. The normalized spacial score (nSPS) is 19.1. The lowest BCUT2D eigenvalue weighted by Crippen LogP contribution is -2.53. The van der Waals surface area contributed by atoms with Crippen LogP contribution in [0.15, 0.2) is 0 Å². The molecule has 1 aliphatic rings. The Labute approximate surface area is 111 Å². The Morgan fingerprint density at radius 3 is 2.56 bits per heavy atom. The van der Waals surface area contributed by atoms with Gasteiger partial charge >= 0.3 is 5.97 Å². The van der Waals surface area contributed by atoms with Gasteiger partial charge in [0.25, 0.3) is 0 Å². The third kappa shape index (κ3) is 4.58. The summed E-state index contributed by atoms with van der Waals surface area (Å²) in [5.74, 6) is -0.162. The zero-order chi connectivity index (χ0) is 13.8. The lowest BCUT2D eigenvalue weighted by Gasteiger charge is -2.31. The van der Waals surface area contributed by atoms with E-state index in [0.717, 1.165) is 25.4 Å². The first-order valence-corrected chi connectivity index (χ1v) is 6.95. The molecule has 1 saturated carbocycles. The van der Waals surface area contributed by atoms with Crippen molar-refractivity contribution >= 4 is 5.97 Å². The van der Waals surface area contributed by atoms with Gasteiger partial charge in [0.2, 0.25) is 0 Å². The van der Waals surface area contributed by atoms with Crippen LogP contribution in [0, 0.1) is 0 Å². The first-order valence-electron chi connectivity index (χ1n) is 6.95. The van der Waals surface area contributed by atoms with E-state index in [1.54, 1.807) is 0 Å². The molecule has 0 radical (unpaired) electrons. The predicted octanol–water partition coefficient (Wildman–Crippen LogP) is 1.79. The van der Waals surface area contributed by atoms with E-state index < -0.39 is 5.54 Å². The number of nitrogens with one attached hydrogen (secondary N) is 1. The first kappa shape index (κ1) is 15.4. The van der Waals surface area contributed by atoms with Gasteiger partial charge in [-0.15, -0.1) is 0 Å². The number of hydrogen-bond acceptors (Lipinski definition) is 4. The van der Waals surface area contributed by atoms with E-state index in [2.05, 4.69) is 31.1 Å². The summed E-state index contributed by atoms with van der Waals surface area (Å²) in [7, 11) is 3.63. The summed E-state index contributed by atoms with van der Waals surface area (Å²) in [6.07, 6.45) is 4.48. The molecule has 4 heteroatoms. The van der Waals surface area contributed by atoms with Crippen molar-refractivity contribution in [2.75, 3.05) is 20.7 Å². The zero-order valence-electron chi connectivity index (χ0n) is 12.5. The highest BCUT2D eigenvalue weighted by molar-refractivity contribution is 5.80. The molecule has 0 spiro atoms. The van der Waals surface area contributed by atoms with Crippen LogP contribution in [0.5, 0.6) is 0 Å². The fourth-order valence-corrected chi connectivity index (χ4v) is 2.48. The lowest BCUT2D eigenvalue weighted by atomic mass is 9.94. The van der Waals surface area contributed by atoms with Gasteiger partial charge in [-0.1, -0.05) is 0 Å². The van der Waals surface area contributed by atoms with E-state index in [1.807, 2.05) is 6.92 Å². The number of ether oxygens (including phenoxy) is 1. The fourth-order valence-electron chi connectivity index (χ4n) is 2.48. The van der Waals surface area contributed by atoms with Gasteiger partial charge in [-0.05, 0) is 60.0 Å². The van der Waals surface area contributed by atoms with Crippen molar-refractivity contribution in [3.05, 3.63) is 0 Å². The van der Waals surface area contributed by atoms with Gasteiger partial charge in [0, 0.05) is 12.1 Å². The molecule has 0 saturated heterocycles. The highest BCUT2D eigenvalue weighted by Gasteiger charge is 2.34. The van der Waals surface area contributed by atoms with Gasteiger partial charge in [0.15, 0.2) is 0 Å². The SMILES string of the molecule is COC(=O)C(C)(CCCN(C)C1CC1)NC(C)C. The second-order valence-corrected chi connectivity index (χ2v) is 5.94. The fraction of sp³-hybridized carbons (Fsp3) is 0.929. The minimum atomic E-state index is -0.562. The molecular weight excluding hydrogens is 228 g/mol. The number of carbonyl (C=O) groups excluding carboxylic acids is 1. The van der Waals surface area contributed by atoms with Gasteiger partial charge < -0.3 is 9.64 Å². The van der Waals surface area contributed by atoms with Crippen LogP contribution >= 0.6 is 0 Å². The lowest BCUT2D eigenvalue weighted by molar-refractivity contribution is -0.148. The van der Waals surface area contributed by atoms with Crippen molar-refractivity contribution in [3.8, 4) is 0 Å². The van der Waals surface area contributed by atoms with E-state index >= 15 is 0 Å². The van der Waals surface area contributed by atoms with Crippen LogP contribution in [0.4, 0.5) is 0 Å². The predicted molar refractivity (Wildman–Crippen MR) is 73.6 cm³/mol. The van der Waals surface area contributed by atoms with Crippen molar-refractivity contribution in [2.45, 2.75) is 64.1 Å². The van der Waals surface area contributed by atoms with Gasteiger partial charge in [-0.3, -0.25) is 10.1 Å². The Morgan fingerprint density at radius 2 is 2.11 bits per heavy atom. The minimum absolute atomic E-state index is 0.162. The zero-order valence-corrected chi connectivity index (χ0v) is 12.5. The molecule has 4 nitrogen and oxygen atoms in total. The molecule has 1 atom stereocenters. The molecule has 0 aliphatic heterocycles. The maximum atomic E-state index is 11.9. The number of rotatable bonds is 8. The van der Waals surface area contributed by atoms with Crippen molar-refractivity contribution in [3.63, 3.8) is 0 Å². The van der Waals surface area contributed by atoms with Crippen LogP contribution in [-0.2, 0) is 9.53 Å². The van der Waals surface area contributed by atoms with Crippen molar-refractivity contribution in [1.82, 2.24) is 10.2 Å². The number of esters is 1. The summed E-state index contributed by atoms with van der Waals surface area (Å²) in [6.45, 7) is 7.10. The average Bonchev–Trinajstić information content (AvgIpc) is 3.10. The minimum Gasteiger partial charge on any atom is -0.468 e. The summed E-state index contributed by atoms with van der Waals surface area (Å²) in [5, 5.41) is 3.33. The molecule has 0 heterocycles. The summed E-state index contributed by atoms with van der Waals surface area (Å²) < 4.78 is 4.92. The highest BCUT2D eigenvalue weighted by Crippen LogP contribution is 2.26. The molecule has 0 amide bonds. The van der Waals surface area contributed by atoms with Crippen molar-refractivity contribution < 1.29 is 9.53 Å². The molecule has 1 aliphatic carbocycles.